The number of fused-ring (bicyclic) bond motifs is 1. The minimum Gasteiger partial charge on any atom is -0.490 e. The van der Waals surface area contributed by atoms with E-state index in [1.807, 2.05) is 12.1 Å². The van der Waals surface area contributed by atoms with Gasteiger partial charge in [0.1, 0.15) is 19.0 Å². The Kier molecular flexibility index (Phi) is 5.96. The van der Waals surface area contributed by atoms with E-state index in [-0.39, 0.29) is 25.6 Å². The van der Waals surface area contributed by atoms with Crippen LogP contribution in [0.3, 0.4) is 0 Å². The second-order valence-corrected chi connectivity index (χ2v) is 6.05. The van der Waals surface area contributed by atoms with Gasteiger partial charge >= 0.3 is 11.7 Å². The van der Waals surface area contributed by atoms with Crippen LogP contribution < -0.4 is 10.5 Å². The number of hydrogen-bond acceptors (Lipinski definition) is 5. The lowest BCUT2D eigenvalue weighted by Gasteiger charge is -2.07. The average molecular weight is 376 g/mol. The maximum absolute atomic E-state index is 11.8. The molecule has 0 radical (unpaired) electrons. The SMILES string of the molecule is O=C(CCCn1c(=O)oc2ccccc21)OCCOc1ccc(Cl)cc1. The quantitative estimate of drug-likeness (QED) is 0.444. The Morgan fingerprint density at radius 3 is 2.65 bits per heavy atom. The fourth-order valence-electron chi connectivity index (χ4n) is 2.53. The van der Waals surface area contributed by atoms with Crippen molar-refractivity contribution < 1.29 is 18.7 Å². The van der Waals surface area contributed by atoms with Crippen LogP contribution in [-0.4, -0.2) is 23.8 Å². The second kappa shape index (κ2) is 8.58. The molecule has 0 N–H and O–H groups in total. The summed E-state index contributed by atoms with van der Waals surface area (Å²) in [7, 11) is 0. The molecular formula is C19H18ClNO5. The van der Waals surface area contributed by atoms with E-state index < -0.39 is 5.76 Å². The number of rotatable bonds is 8. The van der Waals surface area contributed by atoms with Crippen LogP contribution in [-0.2, 0) is 16.1 Å². The maximum Gasteiger partial charge on any atom is 0.419 e. The molecule has 0 aliphatic rings. The number of ether oxygens (including phenoxy) is 2. The minimum atomic E-state index is -0.420. The third kappa shape index (κ3) is 4.67. The number of oxazole rings is 1. The van der Waals surface area contributed by atoms with Crippen LogP contribution in [0.15, 0.2) is 57.7 Å². The summed E-state index contributed by atoms with van der Waals surface area (Å²) in [5.74, 6) is -0.0850. The number of benzene rings is 2. The Balaban J connectivity index is 1.38. The fourth-order valence-corrected chi connectivity index (χ4v) is 2.65. The molecule has 1 heterocycles. The van der Waals surface area contributed by atoms with E-state index in [9.17, 15) is 9.59 Å². The number of para-hydroxylation sites is 2. The molecule has 3 aromatic rings. The largest absolute Gasteiger partial charge is 0.490 e. The predicted molar refractivity (Wildman–Crippen MR) is 97.6 cm³/mol. The zero-order chi connectivity index (χ0) is 18.4. The van der Waals surface area contributed by atoms with Crippen LogP contribution in [0.25, 0.3) is 11.1 Å². The van der Waals surface area contributed by atoms with E-state index in [1.54, 1.807) is 36.4 Å². The molecule has 0 unspecified atom stereocenters. The summed E-state index contributed by atoms with van der Waals surface area (Å²) in [4.78, 5) is 23.6. The van der Waals surface area contributed by atoms with Crippen LogP contribution >= 0.6 is 11.6 Å². The lowest BCUT2D eigenvalue weighted by Crippen LogP contribution is -2.16. The first-order valence-corrected chi connectivity index (χ1v) is 8.63. The molecule has 0 atom stereocenters. The van der Waals surface area contributed by atoms with Crippen LogP contribution in [0.4, 0.5) is 0 Å². The molecule has 0 aliphatic carbocycles. The molecule has 0 spiro atoms. The van der Waals surface area contributed by atoms with Gasteiger partial charge < -0.3 is 13.9 Å². The number of aryl methyl sites for hydroxylation is 1. The van der Waals surface area contributed by atoms with Gasteiger partial charge in [0.05, 0.1) is 5.52 Å². The monoisotopic (exact) mass is 375 g/mol. The number of hydrogen-bond donors (Lipinski definition) is 0. The molecule has 6 nitrogen and oxygen atoms in total. The third-order valence-corrected chi connectivity index (χ3v) is 4.02. The summed E-state index contributed by atoms with van der Waals surface area (Å²) < 4.78 is 17.2. The lowest BCUT2D eigenvalue weighted by atomic mass is 10.3. The van der Waals surface area contributed by atoms with Crippen molar-refractivity contribution >= 4 is 28.7 Å². The Bertz CT molecular complexity index is 929. The molecule has 0 saturated carbocycles. The topological polar surface area (TPSA) is 70.7 Å². The van der Waals surface area contributed by atoms with E-state index in [1.165, 1.54) is 4.57 Å². The van der Waals surface area contributed by atoms with Crippen molar-refractivity contribution in [3.8, 4) is 5.75 Å². The van der Waals surface area contributed by atoms with Gasteiger partial charge in [-0.25, -0.2) is 4.79 Å². The number of halogens is 1. The maximum atomic E-state index is 11.8. The number of carbonyl (C=O) groups is 1. The minimum absolute atomic E-state index is 0.163. The first-order chi connectivity index (χ1) is 12.6. The van der Waals surface area contributed by atoms with Crippen LogP contribution in [0.1, 0.15) is 12.8 Å². The molecule has 0 bridgehead atoms. The first-order valence-electron chi connectivity index (χ1n) is 8.26. The van der Waals surface area contributed by atoms with Gasteiger partial charge in [-0.3, -0.25) is 9.36 Å². The molecule has 136 valence electrons. The van der Waals surface area contributed by atoms with E-state index in [0.717, 1.165) is 5.52 Å². The molecule has 2 aromatic carbocycles. The number of nitrogens with zero attached hydrogens (tertiary/aromatic N) is 1. The zero-order valence-electron chi connectivity index (χ0n) is 14.0. The zero-order valence-corrected chi connectivity index (χ0v) is 14.8. The predicted octanol–water partition coefficient (Wildman–Crippen LogP) is 3.65. The van der Waals surface area contributed by atoms with E-state index in [2.05, 4.69) is 0 Å². The first kappa shape index (κ1) is 18.1. The summed E-state index contributed by atoms with van der Waals surface area (Å²) in [5, 5.41) is 0.633. The molecule has 26 heavy (non-hydrogen) atoms. The molecular weight excluding hydrogens is 358 g/mol. The summed E-state index contributed by atoms with van der Waals surface area (Å²) in [6.45, 7) is 0.821. The van der Waals surface area contributed by atoms with Crippen LogP contribution in [0.5, 0.6) is 5.75 Å². The van der Waals surface area contributed by atoms with Gasteiger partial charge in [0.15, 0.2) is 5.58 Å². The lowest BCUT2D eigenvalue weighted by molar-refractivity contribution is -0.144. The molecule has 1 aromatic heterocycles. The summed E-state index contributed by atoms with van der Waals surface area (Å²) in [6, 6.07) is 14.1. The molecule has 0 saturated heterocycles. The van der Waals surface area contributed by atoms with Gasteiger partial charge in [-0.1, -0.05) is 23.7 Å². The number of carbonyl (C=O) groups excluding carboxylic acids is 1. The standard InChI is InChI=1S/C19H18ClNO5/c20-14-7-9-15(10-8-14)24-12-13-25-18(22)6-3-11-21-16-4-1-2-5-17(16)26-19(21)23/h1-2,4-5,7-10H,3,6,11-13H2. The van der Waals surface area contributed by atoms with E-state index in [4.69, 9.17) is 25.5 Å². The Morgan fingerprint density at radius 1 is 1.08 bits per heavy atom. The summed E-state index contributed by atoms with van der Waals surface area (Å²) in [5.41, 5.74) is 1.27. The van der Waals surface area contributed by atoms with Gasteiger partial charge in [-0.05, 0) is 42.8 Å². The smallest absolute Gasteiger partial charge is 0.419 e. The van der Waals surface area contributed by atoms with Gasteiger partial charge in [-0.2, -0.15) is 0 Å². The summed E-state index contributed by atoms with van der Waals surface area (Å²) in [6.07, 6.45) is 0.702. The molecule has 7 heteroatoms. The molecule has 3 rings (SSSR count). The summed E-state index contributed by atoms with van der Waals surface area (Å²) >= 11 is 5.79. The Labute approximate surface area is 154 Å². The van der Waals surface area contributed by atoms with Gasteiger partial charge in [0.2, 0.25) is 0 Å². The van der Waals surface area contributed by atoms with E-state index >= 15 is 0 Å². The number of esters is 1. The highest BCUT2D eigenvalue weighted by Crippen LogP contribution is 2.15. The van der Waals surface area contributed by atoms with Crippen LogP contribution in [0.2, 0.25) is 5.02 Å². The highest BCUT2D eigenvalue weighted by Gasteiger charge is 2.09. The normalized spacial score (nSPS) is 10.8. The van der Waals surface area contributed by atoms with Gasteiger partial charge in [0, 0.05) is 18.0 Å². The molecule has 0 aliphatic heterocycles. The van der Waals surface area contributed by atoms with Crippen molar-refractivity contribution in [2.24, 2.45) is 0 Å². The van der Waals surface area contributed by atoms with Crippen molar-refractivity contribution in [2.75, 3.05) is 13.2 Å². The van der Waals surface area contributed by atoms with Crippen LogP contribution in [0, 0.1) is 0 Å². The number of aromatic nitrogens is 1. The molecule has 0 fully saturated rings. The Morgan fingerprint density at radius 2 is 1.85 bits per heavy atom. The highest BCUT2D eigenvalue weighted by molar-refractivity contribution is 6.30. The Hall–Kier alpha value is -2.73. The van der Waals surface area contributed by atoms with Gasteiger partial charge in [0.25, 0.3) is 0 Å². The fraction of sp³-hybridized carbons (Fsp3) is 0.263. The van der Waals surface area contributed by atoms with Crippen molar-refractivity contribution in [3.63, 3.8) is 0 Å². The third-order valence-electron chi connectivity index (χ3n) is 3.77. The van der Waals surface area contributed by atoms with Gasteiger partial charge in [-0.15, -0.1) is 0 Å². The van der Waals surface area contributed by atoms with Crippen molar-refractivity contribution in [3.05, 3.63) is 64.1 Å². The van der Waals surface area contributed by atoms with Crippen molar-refractivity contribution in [2.45, 2.75) is 19.4 Å². The van der Waals surface area contributed by atoms with Crippen molar-refractivity contribution in [1.29, 1.82) is 0 Å². The van der Waals surface area contributed by atoms with Crippen molar-refractivity contribution in [1.82, 2.24) is 4.57 Å². The average Bonchev–Trinajstić information content (AvgIpc) is 2.96. The molecule has 0 amide bonds. The second-order valence-electron chi connectivity index (χ2n) is 5.61. The highest BCUT2D eigenvalue weighted by atomic mass is 35.5. The van der Waals surface area contributed by atoms with E-state index in [0.29, 0.717) is 29.3 Å².